The molecule has 0 spiro atoms. The van der Waals surface area contributed by atoms with Crippen LogP contribution in [0.2, 0.25) is 5.02 Å². The Labute approximate surface area is 263 Å². The molecule has 2 amide bonds. The second kappa shape index (κ2) is 11.4. The summed E-state index contributed by atoms with van der Waals surface area (Å²) in [5, 5.41) is 10.4. The summed E-state index contributed by atoms with van der Waals surface area (Å²) in [6, 6.07) is 4.90. The summed E-state index contributed by atoms with van der Waals surface area (Å²) in [5.41, 5.74) is -2.63. The SMILES string of the molecule is C[C@H](Oc1ccc(S(=O)(=O)[C@@H]2C[C@@H](C(=O)NC3(C#N)CC3)N(C(=O)C3(c4ncc(Br)cc4F)CCC3)C2)c(Cl)c1)C(F)(F)F. The van der Waals surface area contributed by atoms with Crippen molar-refractivity contribution in [2.75, 3.05) is 6.54 Å². The number of halogens is 6. The molecule has 1 aromatic carbocycles. The maximum atomic E-state index is 15.1. The fourth-order valence-corrected chi connectivity index (χ4v) is 8.10. The van der Waals surface area contributed by atoms with Crippen LogP contribution in [-0.4, -0.2) is 65.8 Å². The van der Waals surface area contributed by atoms with Crippen molar-refractivity contribution in [3.63, 3.8) is 0 Å². The molecule has 44 heavy (non-hydrogen) atoms. The van der Waals surface area contributed by atoms with Crippen molar-refractivity contribution in [1.29, 1.82) is 5.26 Å². The summed E-state index contributed by atoms with van der Waals surface area (Å²) in [5.74, 6) is -2.41. The zero-order valence-corrected chi connectivity index (χ0v) is 26.3. The van der Waals surface area contributed by atoms with Crippen LogP contribution in [0.1, 0.15) is 51.1 Å². The number of pyridine rings is 1. The fraction of sp³-hybridized carbons (Fsp3) is 0.500. The van der Waals surface area contributed by atoms with Crippen molar-refractivity contribution < 1.29 is 40.3 Å². The number of carbonyl (C=O) groups is 2. The minimum Gasteiger partial charge on any atom is -0.481 e. The van der Waals surface area contributed by atoms with Crippen molar-refractivity contribution in [3.05, 3.63) is 51.5 Å². The van der Waals surface area contributed by atoms with E-state index in [2.05, 4.69) is 26.2 Å². The number of hydrogen-bond donors (Lipinski definition) is 1. The molecule has 2 saturated carbocycles. The van der Waals surface area contributed by atoms with Crippen molar-refractivity contribution in [3.8, 4) is 11.8 Å². The van der Waals surface area contributed by atoms with Gasteiger partial charge in [-0.2, -0.15) is 18.4 Å². The highest BCUT2D eigenvalue weighted by atomic mass is 79.9. The molecule has 0 radical (unpaired) electrons. The van der Waals surface area contributed by atoms with Gasteiger partial charge < -0.3 is 15.0 Å². The zero-order chi connectivity index (χ0) is 32.2. The number of rotatable bonds is 8. The van der Waals surface area contributed by atoms with Crippen molar-refractivity contribution in [1.82, 2.24) is 15.2 Å². The Morgan fingerprint density at radius 3 is 2.45 bits per heavy atom. The molecule has 5 rings (SSSR count). The summed E-state index contributed by atoms with van der Waals surface area (Å²) >= 11 is 9.37. The molecule has 0 unspecified atom stereocenters. The van der Waals surface area contributed by atoms with E-state index in [-0.39, 0.29) is 30.7 Å². The van der Waals surface area contributed by atoms with E-state index < -0.39 is 78.5 Å². The number of aromatic nitrogens is 1. The first-order valence-electron chi connectivity index (χ1n) is 13.7. The van der Waals surface area contributed by atoms with Crippen molar-refractivity contribution >= 4 is 49.2 Å². The van der Waals surface area contributed by atoms with Crippen LogP contribution in [0, 0.1) is 17.1 Å². The summed E-state index contributed by atoms with van der Waals surface area (Å²) < 4.78 is 86.8. The van der Waals surface area contributed by atoms with Gasteiger partial charge in [0.25, 0.3) is 0 Å². The normalized spacial score (nSPS) is 22.8. The zero-order valence-electron chi connectivity index (χ0n) is 23.1. The summed E-state index contributed by atoms with van der Waals surface area (Å²) in [7, 11) is -4.37. The highest BCUT2D eigenvalue weighted by molar-refractivity contribution is 9.10. The quantitative estimate of drug-likeness (QED) is 0.380. The summed E-state index contributed by atoms with van der Waals surface area (Å²) in [6.07, 6.45) is -4.03. The lowest BCUT2D eigenvalue weighted by molar-refractivity contribution is -0.189. The standard InChI is InChI=1S/C28H26BrClF4N4O5S/c1-15(28(32,33)34)43-17-3-4-22(19(30)10-17)44(41,42)18-11-21(24(39)37-26(14-35)7-8-26)38(13-18)25(40)27(5-2-6-27)23-20(31)9-16(29)12-36-23/h3-4,9-10,12,15,18,21H,2,5-8,11,13H2,1H3,(H,37,39)/t15-,18+,21-/m0/s1. The number of ether oxygens (including phenoxy) is 1. The van der Waals surface area contributed by atoms with Gasteiger partial charge in [0.1, 0.15) is 23.1 Å². The van der Waals surface area contributed by atoms with Gasteiger partial charge in [0.2, 0.25) is 11.8 Å². The molecular weight excluding hydrogens is 696 g/mol. The van der Waals surface area contributed by atoms with E-state index in [0.29, 0.717) is 23.7 Å². The Hall–Kier alpha value is -2.96. The molecule has 3 fully saturated rings. The van der Waals surface area contributed by atoms with Crippen LogP contribution in [-0.2, 0) is 24.8 Å². The number of likely N-dealkylation sites (tertiary alicyclic amines) is 1. The first-order chi connectivity index (χ1) is 20.5. The van der Waals surface area contributed by atoms with Gasteiger partial charge in [-0.15, -0.1) is 0 Å². The van der Waals surface area contributed by atoms with Crippen LogP contribution in [0.15, 0.2) is 39.8 Å². The smallest absolute Gasteiger partial charge is 0.425 e. The summed E-state index contributed by atoms with van der Waals surface area (Å²) in [6.45, 7) is 0.342. The average molecular weight is 722 g/mol. The molecule has 2 heterocycles. The lowest BCUT2D eigenvalue weighted by atomic mass is 9.65. The third kappa shape index (κ3) is 5.88. The number of alkyl halides is 3. The van der Waals surface area contributed by atoms with E-state index in [1.165, 1.54) is 12.3 Å². The van der Waals surface area contributed by atoms with Gasteiger partial charge >= 0.3 is 6.18 Å². The maximum Gasteiger partial charge on any atom is 0.425 e. The predicted octanol–water partition coefficient (Wildman–Crippen LogP) is 5.00. The molecule has 2 aliphatic carbocycles. The third-order valence-corrected chi connectivity index (χ3v) is 11.5. The Morgan fingerprint density at radius 1 is 1.25 bits per heavy atom. The second-order valence-electron chi connectivity index (χ2n) is 11.4. The number of sulfone groups is 1. The van der Waals surface area contributed by atoms with E-state index >= 15 is 4.39 Å². The van der Waals surface area contributed by atoms with E-state index in [1.54, 1.807) is 0 Å². The fourth-order valence-electron chi connectivity index (χ4n) is 5.56. The van der Waals surface area contributed by atoms with Gasteiger partial charge in [0.15, 0.2) is 15.9 Å². The van der Waals surface area contributed by atoms with Gasteiger partial charge in [-0.05, 0) is 73.2 Å². The molecule has 1 N–H and O–H groups in total. The topological polar surface area (TPSA) is 129 Å². The van der Waals surface area contributed by atoms with Crippen LogP contribution in [0.4, 0.5) is 17.6 Å². The predicted molar refractivity (Wildman–Crippen MR) is 152 cm³/mol. The van der Waals surface area contributed by atoms with Gasteiger partial charge in [0.05, 0.1) is 32.3 Å². The van der Waals surface area contributed by atoms with Gasteiger partial charge in [0, 0.05) is 23.3 Å². The van der Waals surface area contributed by atoms with Gasteiger partial charge in [-0.1, -0.05) is 18.0 Å². The number of nitrogens with one attached hydrogen (secondary N) is 1. The minimum atomic E-state index is -4.66. The molecule has 2 aromatic rings. The lowest BCUT2D eigenvalue weighted by Crippen LogP contribution is -2.57. The Balaban J connectivity index is 1.47. The number of carbonyl (C=O) groups excluding carboxylic acids is 2. The number of hydrogen-bond acceptors (Lipinski definition) is 7. The maximum absolute atomic E-state index is 15.1. The van der Waals surface area contributed by atoms with Gasteiger partial charge in [-0.3, -0.25) is 14.6 Å². The summed E-state index contributed by atoms with van der Waals surface area (Å²) in [4.78, 5) is 32.5. The van der Waals surface area contributed by atoms with E-state index in [9.17, 15) is 36.4 Å². The highest BCUT2D eigenvalue weighted by Gasteiger charge is 2.56. The molecule has 1 aromatic heterocycles. The average Bonchev–Trinajstić information content (AvgIpc) is 3.53. The largest absolute Gasteiger partial charge is 0.481 e. The molecule has 236 valence electrons. The van der Waals surface area contributed by atoms with E-state index in [0.717, 1.165) is 30.0 Å². The first-order valence-corrected chi connectivity index (χ1v) is 16.4. The number of nitrogens with zero attached hydrogens (tertiary/aromatic N) is 3. The van der Waals surface area contributed by atoms with Gasteiger partial charge in [-0.25, -0.2) is 12.8 Å². The van der Waals surface area contributed by atoms with Crippen molar-refractivity contribution in [2.24, 2.45) is 0 Å². The van der Waals surface area contributed by atoms with Crippen LogP contribution in [0.3, 0.4) is 0 Å². The molecule has 0 bridgehead atoms. The molecule has 3 aliphatic rings. The first kappa shape index (κ1) is 32.4. The van der Waals surface area contributed by atoms with Crippen molar-refractivity contribution in [2.45, 2.75) is 84.9 Å². The lowest BCUT2D eigenvalue weighted by Gasteiger charge is -2.43. The number of amides is 2. The van der Waals surface area contributed by atoms with Crippen LogP contribution < -0.4 is 10.1 Å². The monoisotopic (exact) mass is 720 g/mol. The van der Waals surface area contributed by atoms with Crippen LogP contribution in [0.25, 0.3) is 0 Å². The van der Waals surface area contributed by atoms with Crippen LogP contribution >= 0.6 is 27.5 Å². The Kier molecular flexibility index (Phi) is 8.43. The number of nitriles is 1. The molecular formula is C28H26BrClF4N4O5S. The number of benzene rings is 1. The Morgan fingerprint density at radius 2 is 1.93 bits per heavy atom. The molecule has 1 saturated heterocycles. The molecule has 1 aliphatic heterocycles. The van der Waals surface area contributed by atoms with Crippen LogP contribution in [0.5, 0.6) is 5.75 Å². The van der Waals surface area contributed by atoms with E-state index in [4.69, 9.17) is 16.3 Å². The third-order valence-electron chi connectivity index (χ3n) is 8.45. The van der Waals surface area contributed by atoms with E-state index in [1.807, 2.05) is 6.07 Å². The molecule has 16 heteroatoms. The highest BCUT2D eigenvalue weighted by Crippen LogP contribution is 2.47. The minimum absolute atomic E-state index is 0.107. The Bertz CT molecular complexity index is 1660. The second-order valence-corrected chi connectivity index (χ2v) is 14.9. The molecule has 3 atom stereocenters. The molecule has 9 nitrogen and oxygen atoms in total.